The lowest BCUT2D eigenvalue weighted by atomic mass is 9.63. The van der Waals surface area contributed by atoms with Crippen molar-refractivity contribution in [3.8, 4) is 0 Å². The van der Waals surface area contributed by atoms with Gasteiger partial charge in [0.05, 0.1) is 21.6 Å². The second-order valence-electron chi connectivity index (χ2n) is 7.98. The van der Waals surface area contributed by atoms with Gasteiger partial charge in [-0.3, -0.25) is 0 Å². The SMILES string of the molecule is CC1(C)CC(Nc2ccc3scnc3c2N)CC(C)(C)C1. The maximum Gasteiger partial charge on any atom is 0.106 e. The standard InChI is InChI=1S/C17H25N3S/c1-16(2)7-11(8-17(3,4)9-16)20-12-5-6-13-15(14(12)18)19-10-21-13/h5-6,10-11,20H,7-9,18H2,1-4H3. The predicted molar refractivity (Wildman–Crippen MR) is 92.9 cm³/mol. The van der Waals surface area contributed by atoms with E-state index in [1.165, 1.54) is 19.3 Å². The topological polar surface area (TPSA) is 50.9 Å². The highest BCUT2D eigenvalue weighted by Gasteiger charge is 2.38. The van der Waals surface area contributed by atoms with Gasteiger partial charge in [-0.15, -0.1) is 11.3 Å². The van der Waals surface area contributed by atoms with Crippen molar-refractivity contribution in [3.05, 3.63) is 17.6 Å². The number of nitrogens with one attached hydrogen (secondary N) is 1. The van der Waals surface area contributed by atoms with Crippen LogP contribution in [0.4, 0.5) is 11.4 Å². The zero-order chi connectivity index (χ0) is 15.3. The number of hydrogen-bond acceptors (Lipinski definition) is 4. The Balaban J connectivity index is 1.86. The van der Waals surface area contributed by atoms with Crippen molar-refractivity contribution >= 4 is 32.9 Å². The van der Waals surface area contributed by atoms with E-state index in [-0.39, 0.29) is 0 Å². The van der Waals surface area contributed by atoms with Crippen LogP contribution in [0.15, 0.2) is 17.6 Å². The molecule has 0 bridgehead atoms. The summed E-state index contributed by atoms with van der Waals surface area (Å²) in [6.07, 6.45) is 3.65. The van der Waals surface area contributed by atoms with Crippen LogP contribution in [0.5, 0.6) is 0 Å². The van der Waals surface area contributed by atoms with E-state index < -0.39 is 0 Å². The number of fused-ring (bicyclic) bond motifs is 1. The Morgan fingerprint density at radius 1 is 1.19 bits per heavy atom. The fourth-order valence-electron chi connectivity index (χ4n) is 4.25. The zero-order valence-corrected chi connectivity index (χ0v) is 14.2. The summed E-state index contributed by atoms with van der Waals surface area (Å²) in [6, 6.07) is 4.69. The molecule has 1 aromatic heterocycles. The van der Waals surface area contributed by atoms with Crippen molar-refractivity contribution < 1.29 is 0 Å². The summed E-state index contributed by atoms with van der Waals surface area (Å²) in [4.78, 5) is 4.38. The van der Waals surface area contributed by atoms with Crippen LogP contribution in [0.3, 0.4) is 0 Å². The Kier molecular flexibility index (Phi) is 3.40. The number of thiazole rings is 1. The lowest BCUT2D eigenvalue weighted by molar-refractivity contribution is 0.105. The molecule has 1 saturated carbocycles. The van der Waals surface area contributed by atoms with Gasteiger partial charge in [0.2, 0.25) is 0 Å². The highest BCUT2D eigenvalue weighted by atomic mass is 32.1. The van der Waals surface area contributed by atoms with Gasteiger partial charge in [-0.1, -0.05) is 27.7 Å². The van der Waals surface area contributed by atoms with Crippen molar-refractivity contribution in [2.24, 2.45) is 10.8 Å². The molecule has 1 fully saturated rings. The minimum Gasteiger partial charge on any atom is -0.395 e. The van der Waals surface area contributed by atoms with E-state index in [9.17, 15) is 0 Å². The molecule has 114 valence electrons. The predicted octanol–water partition coefficient (Wildman–Crippen LogP) is 4.90. The van der Waals surface area contributed by atoms with Crippen molar-refractivity contribution in [1.29, 1.82) is 0 Å². The van der Waals surface area contributed by atoms with E-state index in [2.05, 4.69) is 50.1 Å². The van der Waals surface area contributed by atoms with E-state index >= 15 is 0 Å². The molecule has 21 heavy (non-hydrogen) atoms. The summed E-state index contributed by atoms with van der Waals surface area (Å²) in [5.74, 6) is 0. The first-order valence-corrected chi connectivity index (χ1v) is 8.52. The molecule has 3 nitrogen and oxygen atoms in total. The molecule has 2 aromatic rings. The summed E-state index contributed by atoms with van der Waals surface area (Å²) in [7, 11) is 0. The van der Waals surface area contributed by atoms with Gasteiger partial charge >= 0.3 is 0 Å². The van der Waals surface area contributed by atoms with Crippen molar-refractivity contribution in [2.75, 3.05) is 11.1 Å². The first-order chi connectivity index (χ1) is 9.76. The first kappa shape index (κ1) is 14.6. The fraction of sp³-hybridized carbons (Fsp3) is 0.588. The van der Waals surface area contributed by atoms with E-state index in [1.807, 2.05) is 5.51 Å². The second kappa shape index (κ2) is 4.87. The number of benzene rings is 1. The Morgan fingerprint density at radius 2 is 1.86 bits per heavy atom. The minimum atomic E-state index is 0.374. The zero-order valence-electron chi connectivity index (χ0n) is 13.4. The Hall–Kier alpha value is -1.29. The minimum absolute atomic E-state index is 0.374. The Morgan fingerprint density at radius 3 is 2.52 bits per heavy atom. The summed E-state index contributed by atoms with van der Waals surface area (Å²) >= 11 is 1.64. The van der Waals surface area contributed by atoms with E-state index in [0.717, 1.165) is 21.6 Å². The Labute approximate surface area is 131 Å². The van der Waals surface area contributed by atoms with Crippen LogP contribution >= 0.6 is 11.3 Å². The number of nitrogens with two attached hydrogens (primary N) is 1. The number of rotatable bonds is 2. The first-order valence-electron chi connectivity index (χ1n) is 7.64. The van der Waals surface area contributed by atoms with Crippen LogP contribution in [0.2, 0.25) is 0 Å². The summed E-state index contributed by atoms with van der Waals surface area (Å²) < 4.78 is 1.15. The maximum atomic E-state index is 6.30. The van der Waals surface area contributed by atoms with Gasteiger partial charge in [0.25, 0.3) is 0 Å². The summed E-state index contributed by atoms with van der Waals surface area (Å²) in [5, 5.41) is 3.68. The molecular weight excluding hydrogens is 278 g/mol. The van der Waals surface area contributed by atoms with E-state index in [0.29, 0.717) is 16.9 Å². The maximum absolute atomic E-state index is 6.30. The van der Waals surface area contributed by atoms with E-state index in [4.69, 9.17) is 5.73 Å². The van der Waals surface area contributed by atoms with Crippen molar-refractivity contribution in [2.45, 2.75) is 53.0 Å². The molecule has 1 aromatic carbocycles. The molecule has 3 rings (SSSR count). The highest BCUT2D eigenvalue weighted by Crippen LogP contribution is 2.46. The summed E-state index contributed by atoms with van der Waals surface area (Å²) in [6.45, 7) is 9.48. The third-order valence-electron chi connectivity index (χ3n) is 4.46. The van der Waals surface area contributed by atoms with Crippen LogP contribution in [-0.2, 0) is 0 Å². The van der Waals surface area contributed by atoms with Gasteiger partial charge in [0, 0.05) is 6.04 Å². The normalized spacial score (nSPS) is 21.5. The third-order valence-corrected chi connectivity index (χ3v) is 5.25. The van der Waals surface area contributed by atoms with Gasteiger partial charge < -0.3 is 11.1 Å². The molecule has 4 heteroatoms. The second-order valence-corrected chi connectivity index (χ2v) is 8.87. The molecule has 3 N–H and O–H groups in total. The van der Waals surface area contributed by atoms with Crippen LogP contribution in [0.25, 0.3) is 10.2 Å². The molecule has 1 aliphatic rings. The van der Waals surface area contributed by atoms with Crippen LogP contribution in [0.1, 0.15) is 47.0 Å². The number of nitrogens with zero attached hydrogens (tertiary/aromatic N) is 1. The quantitative estimate of drug-likeness (QED) is 0.776. The molecular formula is C17H25N3S. The van der Waals surface area contributed by atoms with Gasteiger partial charge in [0.15, 0.2) is 0 Å². The molecule has 0 spiro atoms. The molecule has 0 saturated heterocycles. The van der Waals surface area contributed by atoms with Gasteiger partial charge in [-0.2, -0.15) is 0 Å². The molecule has 1 heterocycles. The fourth-order valence-corrected chi connectivity index (χ4v) is 4.94. The molecule has 0 aliphatic heterocycles. The molecule has 0 unspecified atom stereocenters. The van der Waals surface area contributed by atoms with E-state index in [1.54, 1.807) is 11.3 Å². The van der Waals surface area contributed by atoms with Gasteiger partial charge in [-0.05, 0) is 42.2 Å². The lowest BCUT2D eigenvalue weighted by Crippen LogP contribution is -2.40. The molecule has 1 aliphatic carbocycles. The largest absolute Gasteiger partial charge is 0.395 e. The third kappa shape index (κ3) is 3.00. The average molecular weight is 303 g/mol. The highest BCUT2D eigenvalue weighted by molar-refractivity contribution is 7.16. The van der Waals surface area contributed by atoms with Crippen LogP contribution < -0.4 is 11.1 Å². The number of nitrogen functional groups attached to an aromatic ring is 1. The van der Waals surface area contributed by atoms with Crippen molar-refractivity contribution in [1.82, 2.24) is 4.98 Å². The van der Waals surface area contributed by atoms with Crippen molar-refractivity contribution in [3.63, 3.8) is 0 Å². The summed E-state index contributed by atoms with van der Waals surface area (Å²) in [5.41, 5.74) is 11.7. The molecule has 0 amide bonds. The molecule has 0 atom stereocenters. The average Bonchev–Trinajstić information content (AvgIpc) is 2.77. The smallest absolute Gasteiger partial charge is 0.106 e. The van der Waals surface area contributed by atoms with Gasteiger partial charge in [-0.25, -0.2) is 4.98 Å². The van der Waals surface area contributed by atoms with Crippen LogP contribution in [0, 0.1) is 10.8 Å². The van der Waals surface area contributed by atoms with Crippen LogP contribution in [-0.4, -0.2) is 11.0 Å². The monoisotopic (exact) mass is 303 g/mol. The number of anilines is 2. The lowest BCUT2D eigenvalue weighted by Gasteiger charge is -2.45. The number of hydrogen-bond donors (Lipinski definition) is 2. The number of aromatic nitrogens is 1. The molecule has 0 radical (unpaired) electrons. The van der Waals surface area contributed by atoms with Gasteiger partial charge in [0.1, 0.15) is 5.52 Å². The Bertz CT molecular complexity index is 641.